The number of hydrogen-bond donors (Lipinski definition) is 1. The summed E-state index contributed by atoms with van der Waals surface area (Å²) in [5.41, 5.74) is 0.533. The fraction of sp³-hybridized carbons (Fsp3) is 0.417. The zero-order valence-corrected chi connectivity index (χ0v) is 10.9. The molecule has 1 amide bonds. The molecule has 0 spiro atoms. The van der Waals surface area contributed by atoms with Crippen molar-refractivity contribution in [1.29, 1.82) is 0 Å². The van der Waals surface area contributed by atoms with Crippen LogP contribution in [-0.4, -0.2) is 35.8 Å². The Labute approximate surface area is 105 Å². The van der Waals surface area contributed by atoms with Crippen LogP contribution in [0.3, 0.4) is 0 Å². The average molecular weight is 257 g/mol. The fourth-order valence-corrected chi connectivity index (χ4v) is 2.06. The number of hydrogen-bond acceptors (Lipinski definition) is 3. The van der Waals surface area contributed by atoms with E-state index < -0.39 is 11.9 Å². The Morgan fingerprint density at radius 1 is 1.53 bits per heavy atom. The lowest BCUT2D eigenvalue weighted by Gasteiger charge is -2.11. The van der Waals surface area contributed by atoms with E-state index >= 15 is 0 Å². The highest BCUT2D eigenvalue weighted by atomic mass is 32.2. The van der Waals surface area contributed by atoms with E-state index in [1.807, 2.05) is 0 Å². The molecule has 0 fully saturated rings. The molecule has 0 aliphatic heterocycles. The predicted molar refractivity (Wildman–Crippen MR) is 66.5 cm³/mol. The van der Waals surface area contributed by atoms with Crippen LogP contribution in [0.1, 0.15) is 18.6 Å². The number of halogens is 1. The van der Waals surface area contributed by atoms with E-state index in [1.54, 1.807) is 33.2 Å². The summed E-state index contributed by atoms with van der Waals surface area (Å²) in [4.78, 5) is 13.2. The molecule has 0 saturated heterocycles. The summed E-state index contributed by atoms with van der Waals surface area (Å²) in [5, 5.41) is 9.30. The van der Waals surface area contributed by atoms with E-state index in [0.29, 0.717) is 10.5 Å². The molecule has 0 unspecified atom stereocenters. The first-order chi connectivity index (χ1) is 7.91. The second-order valence-electron chi connectivity index (χ2n) is 3.94. The van der Waals surface area contributed by atoms with Gasteiger partial charge < -0.3 is 10.0 Å². The highest BCUT2D eigenvalue weighted by Gasteiger charge is 2.10. The summed E-state index contributed by atoms with van der Waals surface area (Å²) >= 11 is 1.16. The minimum Gasteiger partial charge on any atom is -0.389 e. The standard InChI is InChI=1S/C12H16FNO2S/c1-8(15)9-4-5-11(10(13)6-9)17-7-12(16)14(2)3/h4-6,8,15H,7H2,1-3H3/t8-/m0/s1. The van der Waals surface area contributed by atoms with Gasteiger partial charge in [-0.2, -0.15) is 0 Å². The third-order valence-electron chi connectivity index (χ3n) is 2.29. The van der Waals surface area contributed by atoms with E-state index in [0.717, 1.165) is 11.8 Å². The van der Waals surface area contributed by atoms with Gasteiger partial charge in [-0.25, -0.2) is 4.39 Å². The summed E-state index contributed by atoms with van der Waals surface area (Å²) in [7, 11) is 3.32. The minimum absolute atomic E-state index is 0.0611. The SMILES string of the molecule is C[C@H](O)c1ccc(SCC(=O)N(C)C)c(F)c1. The van der Waals surface area contributed by atoms with Gasteiger partial charge in [0.1, 0.15) is 5.82 Å². The molecule has 0 aromatic heterocycles. The van der Waals surface area contributed by atoms with Crippen molar-refractivity contribution in [2.24, 2.45) is 0 Å². The summed E-state index contributed by atoms with van der Waals surface area (Å²) in [6.45, 7) is 1.58. The molecule has 0 aliphatic rings. The number of rotatable bonds is 4. The van der Waals surface area contributed by atoms with Crippen molar-refractivity contribution >= 4 is 17.7 Å². The Morgan fingerprint density at radius 3 is 2.65 bits per heavy atom. The van der Waals surface area contributed by atoms with Crippen LogP contribution in [0.25, 0.3) is 0 Å². The number of carbonyl (C=O) groups excluding carboxylic acids is 1. The van der Waals surface area contributed by atoms with Gasteiger partial charge in [-0.05, 0) is 24.6 Å². The van der Waals surface area contributed by atoms with Crippen LogP contribution in [0.15, 0.2) is 23.1 Å². The number of aliphatic hydroxyl groups is 1. The highest BCUT2D eigenvalue weighted by Crippen LogP contribution is 2.24. The molecule has 0 aliphatic carbocycles. The quantitative estimate of drug-likeness (QED) is 0.839. The lowest BCUT2D eigenvalue weighted by atomic mass is 10.1. The van der Waals surface area contributed by atoms with Gasteiger partial charge in [0, 0.05) is 19.0 Å². The van der Waals surface area contributed by atoms with Crippen molar-refractivity contribution in [1.82, 2.24) is 4.90 Å². The second kappa shape index (κ2) is 6.02. The van der Waals surface area contributed by atoms with E-state index in [-0.39, 0.29) is 11.7 Å². The molecule has 1 aromatic rings. The molecule has 5 heteroatoms. The van der Waals surface area contributed by atoms with Gasteiger partial charge in [0.25, 0.3) is 0 Å². The largest absolute Gasteiger partial charge is 0.389 e. The number of benzene rings is 1. The van der Waals surface area contributed by atoms with Crippen LogP contribution in [-0.2, 0) is 4.79 Å². The predicted octanol–water partition coefficient (Wildman–Crippen LogP) is 2.06. The van der Waals surface area contributed by atoms with E-state index in [1.165, 1.54) is 11.0 Å². The zero-order valence-electron chi connectivity index (χ0n) is 10.1. The first kappa shape index (κ1) is 14.0. The van der Waals surface area contributed by atoms with Crippen molar-refractivity contribution < 1.29 is 14.3 Å². The Balaban J connectivity index is 2.70. The normalized spacial score (nSPS) is 12.3. The van der Waals surface area contributed by atoms with Crippen molar-refractivity contribution in [3.8, 4) is 0 Å². The number of amides is 1. The van der Waals surface area contributed by atoms with Gasteiger partial charge >= 0.3 is 0 Å². The van der Waals surface area contributed by atoms with Crippen LogP contribution < -0.4 is 0 Å². The van der Waals surface area contributed by atoms with E-state index in [2.05, 4.69) is 0 Å². The molecule has 0 radical (unpaired) electrons. The van der Waals surface area contributed by atoms with Crippen molar-refractivity contribution in [3.63, 3.8) is 0 Å². The molecule has 17 heavy (non-hydrogen) atoms. The summed E-state index contributed by atoms with van der Waals surface area (Å²) < 4.78 is 13.6. The van der Waals surface area contributed by atoms with Crippen LogP contribution in [0, 0.1) is 5.82 Å². The van der Waals surface area contributed by atoms with Crippen molar-refractivity contribution in [3.05, 3.63) is 29.6 Å². The van der Waals surface area contributed by atoms with Crippen LogP contribution in [0.4, 0.5) is 4.39 Å². The molecular formula is C12H16FNO2S. The first-order valence-electron chi connectivity index (χ1n) is 5.22. The molecule has 1 N–H and O–H groups in total. The number of aliphatic hydroxyl groups excluding tert-OH is 1. The maximum atomic E-state index is 13.6. The fourth-order valence-electron chi connectivity index (χ4n) is 1.16. The monoisotopic (exact) mass is 257 g/mol. The lowest BCUT2D eigenvalue weighted by molar-refractivity contribution is -0.125. The molecule has 1 atom stereocenters. The maximum absolute atomic E-state index is 13.6. The molecule has 1 aromatic carbocycles. The molecule has 0 bridgehead atoms. The summed E-state index contributed by atoms with van der Waals surface area (Å²) in [6, 6.07) is 4.55. The van der Waals surface area contributed by atoms with Crippen molar-refractivity contribution in [2.45, 2.75) is 17.9 Å². The Morgan fingerprint density at radius 2 is 2.18 bits per heavy atom. The third kappa shape index (κ3) is 4.02. The maximum Gasteiger partial charge on any atom is 0.232 e. The van der Waals surface area contributed by atoms with E-state index in [4.69, 9.17) is 0 Å². The third-order valence-corrected chi connectivity index (χ3v) is 3.32. The summed E-state index contributed by atoms with van der Waals surface area (Å²) in [5.74, 6) is -0.258. The van der Waals surface area contributed by atoms with E-state index in [9.17, 15) is 14.3 Å². The van der Waals surface area contributed by atoms with Crippen LogP contribution in [0.2, 0.25) is 0 Å². The van der Waals surface area contributed by atoms with Gasteiger partial charge in [-0.15, -0.1) is 11.8 Å². The van der Waals surface area contributed by atoms with Gasteiger partial charge in [-0.1, -0.05) is 6.07 Å². The van der Waals surface area contributed by atoms with Crippen molar-refractivity contribution in [2.75, 3.05) is 19.8 Å². The zero-order chi connectivity index (χ0) is 13.0. The van der Waals surface area contributed by atoms with Crippen LogP contribution in [0.5, 0.6) is 0 Å². The van der Waals surface area contributed by atoms with Gasteiger partial charge in [0.05, 0.1) is 11.9 Å². The molecule has 94 valence electrons. The molecule has 3 nitrogen and oxygen atoms in total. The minimum atomic E-state index is -0.688. The van der Waals surface area contributed by atoms with Gasteiger partial charge in [0.15, 0.2) is 0 Å². The average Bonchev–Trinajstić information content (AvgIpc) is 2.26. The molecule has 1 rings (SSSR count). The Hall–Kier alpha value is -1.07. The van der Waals surface area contributed by atoms with Gasteiger partial charge in [0.2, 0.25) is 5.91 Å². The number of carbonyl (C=O) groups is 1. The van der Waals surface area contributed by atoms with Crippen LogP contribution >= 0.6 is 11.8 Å². The van der Waals surface area contributed by atoms with Gasteiger partial charge in [-0.3, -0.25) is 4.79 Å². The Bertz CT molecular complexity index is 407. The Kier molecular flexibility index (Phi) is 4.96. The molecular weight excluding hydrogens is 241 g/mol. The topological polar surface area (TPSA) is 40.5 Å². The molecule has 0 saturated carbocycles. The number of nitrogens with zero attached hydrogens (tertiary/aromatic N) is 1. The summed E-state index contributed by atoms with van der Waals surface area (Å²) in [6.07, 6.45) is -0.688. The lowest BCUT2D eigenvalue weighted by Crippen LogP contribution is -2.23. The smallest absolute Gasteiger partial charge is 0.232 e. The molecule has 0 heterocycles. The number of thioether (sulfide) groups is 1. The second-order valence-corrected chi connectivity index (χ2v) is 4.96. The first-order valence-corrected chi connectivity index (χ1v) is 6.21. The highest BCUT2D eigenvalue weighted by molar-refractivity contribution is 8.00.